The molecule has 0 aliphatic carbocycles. The van der Waals surface area contributed by atoms with Crippen molar-refractivity contribution >= 4 is 28.7 Å². The van der Waals surface area contributed by atoms with Crippen LogP contribution in [0.25, 0.3) is 5.69 Å². The molecule has 7 nitrogen and oxygen atoms in total. The number of thiocarbonyl (C=S) groups is 1. The average Bonchev–Trinajstić information content (AvgIpc) is 2.78. The summed E-state index contributed by atoms with van der Waals surface area (Å²) in [6.07, 6.45) is 2.50. The van der Waals surface area contributed by atoms with Gasteiger partial charge in [-0.25, -0.2) is 4.68 Å². The van der Waals surface area contributed by atoms with E-state index >= 15 is 0 Å². The van der Waals surface area contributed by atoms with Gasteiger partial charge in [0.2, 0.25) is 0 Å². The van der Waals surface area contributed by atoms with Gasteiger partial charge in [-0.2, -0.15) is 5.10 Å². The molecule has 1 aromatic heterocycles. The maximum absolute atomic E-state index is 10.6. The highest BCUT2D eigenvalue weighted by Gasteiger charge is 2.12. The summed E-state index contributed by atoms with van der Waals surface area (Å²) in [4.78, 5) is 10.1. The summed E-state index contributed by atoms with van der Waals surface area (Å²) in [6, 6.07) is 7.08. The third kappa shape index (κ3) is 2.43. The summed E-state index contributed by atoms with van der Waals surface area (Å²) in [5.41, 5.74) is 6.58. The van der Waals surface area contributed by atoms with Crippen molar-refractivity contribution in [2.45, 2.75) is 0 Å². The average molecular weight is 263 g/mol. The number of hydrogen-bond donors (Lipinski definition) is 2. The Bertz CT molecular complexity index is 610. The minimum atomic E-state index is -0.507. The lowest BCUT2D eigenvalue weighted by Crippen LogP contribution is -2.20. The number of nitrogens with one attached hydrogen (secondary N) is 1. The van der Waals surface area contributed by atoms with Crippen LogP contribution in [0.3, 0.4) is 0 Å². The van der Waals surface area contributed by atoms with E-state index in [1.165, 1.54) is 17.1 Å². The molecule has 0 unspecified atom stereocenters. The molecule has 8 heteroatoms. The van der Waals surface area contributed by atoms with Crippen molar-refractivity contribution in [2.24, 2.45) is 5.73 Å². The lowest BCUT2D eigenvalue weighted by molar-refractivity contribution is -0.384. The van der Waals surface area contributed by atoms with Gasteiger partial charge in [-0.3, -0.25) is 10.1 Å². The molecule has 0 amide bonds. The number of para-hydroxylation sites is 2. The summed E-state index contributed by atoms with van der Waals surface area (Å²) in [5.74, 6) is 0. The summed E-state index contributed by atoms with van der Waals surface area (Å²) < 4.78 is 1.39. The minimum absolute atomic E-state index is 0.0832. The molecular weight excluding hydrogens is 254 g/mol. The number of benzene rings is 1. The third-order valence-electron chi connectivity index (χ3n) is 2.19. The molecule has 0 fully saturated rings. The van der Waals surface area contributed by atoms with Crippen LogP contribution in [-0.4, -0.2) is 19.8 Å². The number of aromatic nitrogens is 2. The monoisotopic (exact) mass is 263 g/mol. The van der Waals surface area contributed by atoms with Crippen molar-refractivity contribution in [2.75, 3.05) is 5.32 Å². The predicted molar refractivity (Wildman–Crippen MR) is 70.6 cm³/mol. The van der Waals surface area contributed by atoms with Gasteiger partial charge in [0, 0.05) is 0 Å². The van der Waals surface area contributed by atoms with Crippen LogP contribution in [0, 0.1) is 10.1 Å². The highest BCUT2D eigenvalue weighted by molar-refractivity contribution is 7.80. The van der Waals surface area contributed by atoms with Crippen molar-refractivity contribution in [3.05, 3.63) is 46.8 Å². The zero-order chi connectivity index (χ0) is 13.1. The Morgan fingerprint density at radius 3 is 2.83 bits per heavy atom. The topological polar surface area (TPSA) is 99.0 Å². The Morgan fingerprint density at radius 1 is 1.50 bits per heavy atom. The van der Waals surface area contributed by atoms with E-state index in [0.29, 0.717) is 11.4 Å². The Morgan fingerprint density at radius 2 is 2.22 bits per heavy atom. The molecule has 1 heterocycles. The Hall–Kier alpha value is -2.48. The fourth-order valence-electron chi connectivity index (χ4n) is 1.45. The lowest BCUT2D eigenvalue weighted by atomic mass is 10.2. The first-order valence-corrected chi connectivity index (χ1v) is 5.33. The second-order valence-corrected chi connectivity index (χ2v) is 3.85. The number of anilines is 1. The molecule has 0 bridgehead atoms. The van der Waals surface area contributed by atoms with Gasteiger partial charge in [0.1, 0.15) is 12.4 Å². The first-order chi connectivity index (χ1) is 8.58. The summed E-state index contributed by atoms with van der Waals surface area (Å²) in [5, 5.41) is 17.4. The highest BCUT2D eigenvalue weighted by atomic mass is 32.1. The molecule has 2 aromatic rings. The molecule has 0 aliphatic heterocycles. The zero-order valence-electron chi connectivity index (χ0n) is 9.11. The summed E-state index contributed by atoms with van der Waals surface area (Å²) >= 11 is 4.76. The van der Waals surface area contributed by atoms with Crippen molar-refractivity contribution in [3.63, 3.8) is 0 Å². The summed E-state index contributed by atoms with van der Waals surface area (Å²) in [7, 11) is 0. The van der Waals surface area contributed by atoms with E-state index in [1.54, 1.807) is 24.3 Å². The standard InChI is InChI=1S/C10H9N5O2S/c11-10(18)13-8-3-1-2-4-9(8)14-6-7(5-12-14)15(16)17/h1-6H,(H3,11,13,18). The van der Waals surface area contributed by atoms with Crippen LogP contribution in [0.2, 0.25) is 0 Å². The lowest BCUT2D eigenvalue weighted by Gasteiger charge is -2.09. The quantitative estimate of drug-likeness (QED) is 0.494. The van der Waals surface area contributed by atoms with Gasteiger partial charge in [0.05, 0.1) is 16.3 Å². The van der Waals surface area contributed by atoms with Crippen LogP contribution < -0.4 is 11.1 Å². The van der Waals surface area contributed by atoms with Gasteiger partial charge in [-0.1, -0.05) is 12.1 Å². The Kier molecular flexibility index (Phi) is 3.20. The number of nitrogens with two attached hydrogens (primary N) is 1. The molecule has 18 heavy (non-hydrogen) atoms. The largest absolute Gasteiger partial charge is 0.376 e. The smallest absolute Gasteiger partial charge is 0.307 e. The summed E-state index contributed by atoms with van der Waals surface area (Å²) in [6.45, 7) is 0. The van der Waals surface area contributed by atoms with Crippen molar-refractivity contribution < 1.29 is 4.92 Å². The maximum atomic E-state index is 10.6. The Balaban J connectivity index is 2.42. The molecule has 0 aliphatic rings. The van der Waals surface area contributed by atoms with Crippen LogP contribution in [0.4, 0.5) is 11.4 Å². The van der Waals surface area contributed by atoms with E-state index in [4.69, 9.17) is 18.0 Å². The number of hydrogen-bond acceptors (Lipinski definition) is 4. The molecule has 0 spiro atoms. The van der Waals surface area contributed by atoms with E-state index in [-0.39, 0.29) is 10.8 Å². The fourth-order valence-corrected chi connectivity index (χ4v) is 1.56. The highest BCUT2D eigenvalue weighted by Crippen LogP contribution is 2.21. The second-order valence-electron chi connectivity index (χ2n) is 3.41. The van der Waals surface area contributed by atoms with Crippen molar-refractivity contribution in [1.29, 1.82) is 0 Å². The van der Waals surface area contributed by atoms with E-state index in [0.717, 1.165) is 0 Å². The van der Waals surface area contributed by atoms with Crippen LogP contribution in [-0.2, 0) is 0 Å². The van der Waals surface area contributed by atoms with E-state index in [1.807, 2.05) is 0 Å². The van der Waals surface area contributed by atoms with E-state index in [9.17, 15) is 10.1 Å². The van der Waals surface area contributed by atoms with Crippen LogP contribution >= 0.6 is 12.2 Å². The molecule has 0 atom stereocenters. The van der Waals surface area contributed by atoms with E-state index in [2.05, 4.69) is 10.4 Å². The first-order valence-electron chi connectivity index (χ1n) is 4.93. The molecule has 92 valence electrons. The van der Waals surface area contributed by atoms with Crippen molar-refractivity contribution in [3.8, 4) is 5.69 Å². The molecular formula is C10H9N5O2S. The van der Waals surface area contributed by atoms with Crippen molar-refractivity contribution in [1.82, 2.24) is 9.78 Å². The van der Waals surface area contributed by atoms with Crippen LogP contribution in [0.5, 0.6) is 0 Å². The van der Waals surface area contributed by atoms with Crippen LogP contribution in [0.15, 0.2) is 36.7 Å². The van der Waals surface area contributed by atoms with Gasteiger partial charge in [0.25, 0.3) is 0 Å². The molecule has 1 aromatic carbocycles. The molecule has 0 saturated carbocycles. The molecule has 0 radical (unpaired) electrons. The van der Waals surface area contributed by atoms with Crippen LogP contribution in [0.1, 0.15) is 0 Å². The second kappa shape index (κ2) is 4.80. The van der Waals surface area contributed by atoms with Gasteiger partial charge in [0.15, 0.2) is 5.11 Å². The fraction of sp³-hybridized carbons (Fsp3) is 0. The van der Waals surface area contributed by atoms with Gasteiger partial charge in [-0.05, 0) is 24.4 Å². The third-order valence-corrected chi connectivity index (χ3v) is 2.29. The Labute approximate surface area is 107 Å². The molecule has 2 rings (SSSR count). The van der Waals surface area contributed by atoms with Gasteiger partial charge in [-0.15, -0.1) is 0 Å². The van der Waals surface area contributed by atoms with Gasteiger partial charge < -0.3 is 11.1 Å². The number of nitro groups is 1. The van der Waals surface area contributed by atoms with Gasteiger partial charge >= 0.3 is 5.69 Å². The number of nitrogens with zero attached hydrogens (tertiary/aromatic N) is 3. The SMILES string of the molecule is NC(=S)Nc1ccccc1-n1cc([N+](=O)[O-])cn1. The van der Waals surface area contributed by atoms with E-state index < -0.39 is 4.92 Å². The molecule has 0 saturated heterocycles. The zero-order valence-corrected chi connectivity index (χ0v) is 9.92. The molecule has 3 N–H and O–H groups in total. The first kappa shape index (κ1) is 12.0. The number of rotatable bonds is 3. The maximum Gasteiger partial charge on any atom is 0.307 e. The minimum Gasteiger partial charge on any atom is -0.376 e. The predicted octanol–water partition coefficient (Wildman–Crippen LogP) is 1.44. The normalized spacial score (nSPS) is 10.0.